The summed E-state index contributed by atoms with van der Waals surface area (Å²) in [6.07, 6.45) is 5.70. The standard InChI is InChI=1S/C14H13NO2/c15-10-14(5-1-2-6-14)11-3-4-12-13(9-11)17-8-7-16-12/h1-4,9H,5-8H2. The Hall–Kier alpha value is -1.95. The summed E-state index contributed by atoms with van der Waals surface area (Å²) in [5, 5.41) is 9.41. The maximum Gasteiger partial charge on any atom is 0.161 e. The van der Waals surface area contributed by atoms with E-state index in [1.807, 2.05) is 18.2 Å². The molecule has 0 bridgehead atoms. The van der Waals surface area contributed by atoms with Gasteiger partial charge in [0, 0.05) is 0 Å². The Morgan fingerprint density at radius 1 is 1.06 bits per heavy atom. The molecule has 0 saturated carbocycles. The first kappa shape index (κ1) is 10.2. The van der Waals surface area contributed by atoms with Crippen LogP contribution in [0.1, 0.15) is 18.4 Å². The molecule has 1 aromatic carbocycles. The van der Waals surface area contributed by atoms with E-state index in [-0.39, 0.29) is 0 Å². The van der Waals surface area contributed by atoms with Gasteiger partial charge in [-0.3, -0.25) is 0 Å². The molecule has 0 atom stereocenters. The number of hydrogen-bond acceptors (Lipinski definition) is 3. The fourth-order valence-electron chi connectivity index (χ4n) is 2.38. The van der Waals surface area contributed by atoms with Gasteiger partial charge in [0.05, 0.1) is 11.5 Å². The topological polar surface area (TPSA) is 42.2 Å². The van der Waals surface area contributed by atoms with Crippen molar-refractivity contribution in [1.82, 2.24) is 0 Å². The third-order valence-electron chi connectivity index (χ3n) is 3.41. The molecule has 0 saturated heterocycles. The number of allylic oxidation sites excluding steroid dienone is 2. The SMILES string of the molecule is N#CC1(c2ccc3c(c2)OCCO3)CC=CC1. The molecule has 2 aliphatic rings. The highest BCUT2D eigenvalue weighted by Crippen LogP contribution is 2.40. The van der Waals surface area contributed by atoms with E-state index in [0.29, 0.717) is 13.2 Å². The number of ether oxygens (including phenoxy) is 2. The first-order chi connectivity index (χ1) is 8.34. The Kier molecular flexibility index (Phi) is 2.29. The maximum atomic E-state index is 9.41. The van der Waals surface area contributed by atoms with Crippen LogP contribution in [0.25, 0.3) is 0 Å². The van der Waals surface area contributed by atoms with Gasteiger partial charge in [-0.25, -0.2) is 0 Å². The number of nitriles is 1. The van der Waals surface area contributed by atoms with Crippen molar-refractivity contribution in [2.45, 2.75) is 18.3 Å². The summed E-state index contributed by atoms with van der Waals surface area (Å²) >= 11 is 0. The van der Waals surface area contributed by atoms with Crippen LogP contribution in [-0.4, -0.2) is 13.2 Å². The Bertz CT molecular complexity index is 505. The molecule has 3 heteroatoms. The molecule has 1 aromatic rings. The third-order valence-corrected chi connectivity index (χ3v) is 3.41. The molecule has 17 heavy (non-hydrogen) atoms. The lowest BCUT2D eigenvalue weighted by Gasteiger charge is -2.24. The first-order valence-electron chi connectivity index (χ1n) is 5.80. The molecule has 0 fully saturated rings. The summed E-state index contributed by atoms with van der Waals surface area (Å²) in [6.45, 7) is 1.17. The lowest BCUT2D eigenvalue weighted by molar-refractivity contribution is 0.171. The predicted molar refractivity (Wildman–Crippen MR) is 63.1 cm³/mol. The minimum absolute atomic E-state index is 0.407. The lowest BCUT2D eigenvalue weighted by atomic mass is 9.79. The minimum atomic E-state index is -0.407. The molecule has 0 amide bonds. The molecule has 1 heterocycles. The Morgan fingerprint density at radius 2 is 1.76 bits per heavy atom. The Morgan fingerprint density at radius 3 is 2.47 bits per heavy atom. The van der Waals surface area contributed by atoms with Crippen molar-refractivity contribution in [1.29, 1.82) is 5.26 Å². The predicted octanol–water partition coefficient (Wildman–Crippen LogP) is 2.57. The van der Waals surface area contributed by atoms with Gasteiger partial charge in [-0.05, 0) is 30.5 Å². The van der Waals surface area contributed by atoms with Gasteiger partial charge >= 0.3 is 0 Å². The lowest BCUT2D eigenvalue weighted by Crippen LogP contribution is -2.21. The van der Waals surface area contributed by atoms with Crippen LogP contribution in [-0.2, 0) is 5.41 Å². The van der Waals surface area contributed by atoms with Crippen LogP contribution in [0.2, 0.25) is 0 Å². The monoisotopic (exact) mass is 227 g/mol. The highest BCUT2D eigenvalue weighted by Gasteiger charge is 2.34. The highest BCUT2D eigenvalue weighted by atomic mass is 16.6. The second-order valence-corrected chi connectivity index (χ2v) is 4.43. The average Bonchev–Trinajstić information content (AvgIpc) is 2.88. The molecule has 1 aliphatic carbocycles. The smallest absolute Gasteiger partial charge is 0.161 e. The summed E-state index contributed by atoms with van der Waals surface area (Å²) in [6, 6.07) is 8.27. The number of fused-ring (bicyclic) bond motifs is 1. The number of hydrogen-bond donors (Lipinski definition) is 0. The molecule has 0 unspecified atom stereocenters. The van der Waals surface area contributed by atoms with Crippen LogP contribution in [0, 0.1) is 11.3 Å². The van der Waals surface area contributed by atoms with E-state index >= 15 is 0 Å². The molecule has 0 aromatic heterocycles. The molecule has 0 spiro atoms. The van der Waals surface area contributed by atoms with Crippen molar-refractivity contribution in [2.24, 2.45) is 0 Å². The van der Waals surface area contributed by atoms with Crippen molar-refractivity contribution in [2.75, 3.05) is 13.2 Å². The van der Waals surface area contributed by atoms with Crippen molar-refractivity contribution >= 4 is 0 Å². The maximum absolute atomic E-state index is 9.41. The zero-order valence-electron chi connectivity index (χ0n) is 9.48. The van der Waals surface area contributed by atoms with Crippen LogP contribution in [0.4, 0.5) is 0 Å². The van der Waals surface area contributed by atoms with Gasteiger partial charge < -0.3 is 9.47 Å². The molecular weight excluding hydrogens is 214 g/mol. The molecule has 0 radical (unpaired) electrons. The van der Waals surface area contributed by atoms with Gasteiger partial charge in [-0.2, -0.15) is 5.26 Å². The van der Waals surface area contributed by atoms with Crippen LogP contribution in [0.5, 0.6) is 11.5 Å². The minimum Gasteiger partial charge on any atom is -0.486 e. The number of benzene rings is 1. The first-order valence-corrected chi connectivity index (χ1v) is 5.80. The van der Waals surface area contributed by atoms with E-state index in [9.17, 15) is 5.26 Å². The average molecular weight is 227 g/mol. The second kappa shape index (κ2) is 3.81. The quantitative estimate of drug-likeness (QED) is 0.692. The van der Waals surface area contributed by atoms with Gasteiger partial charge in [-0.1, -0.05) is 18.2 Å². The van der Waals surface area contributed by atoms with E-state index in [1.165, 1.54) is 0 Å². The van der Waals surface area contributed by atoms with Crippen LogP contribution in [0.3, 0.4) is 0 Å². The van der Waals surface area contributed by atoms with Crippen molar-refractivity contribution in [3.8, 4) is 17.6 Å². The van der Waals surface area contributed by atoms with E-state index in [2.05, 4.69) is 18.2 Å². The van der Waals surface area contributed by atoms with Gasteiger partial charge in [0.15, 0.2) is 11.5 Å². The van der Waals surface area contributed by atoms with E-state index in [1.54, 1.807) is 0 Å². The normalized spacial score (nSPS) is 19.9. The molecule has 0 N–H and O–H groups in total. The van der Waals surface area contributed by atoms with Gasteiger partial charge in [0.2, 0.25) is 0 Å². The third kappa shape index (κ3) is 1.57. The van der Waals surface area contributed by atoms with Crippen LogP contribution < -0.4 is 9.47 Å². The Balaban J connectivity index is 2.01. The highest BCUT2D eigenvalue weighted by molar-refractivity contribution is 5.49. The molecule has 86 valence electrons. The van der Waals surface area contributed by atoms with Crippen LogP contribution in [0.15, 0.2) is 30.4 Å². The van der Waals surface area contributed by atoms with Gasteiger partial charge in [0.25, 0.3) is 0 Å². The van der Waals surface area contributed by atoms with Gasteiger partial charge in [0.1, 0.15) is 13.2 Å². The van der Waals surface area contributed by atoms with Crippen molar-refractivity contribution in [3.63, 3.8) is 0 Å². The molecule has 3 rings (SSSR count). The molecule has 1 aliphatic heterocycles. The van der Waals surface area contributed by atoms with Crippen LogP contribution >= 0.6 is 0 Å². The fourth-order valence-corrected chi connectivity index (χ4v) is 2.38. The van der Waals surface area contributed by atoms with Crippen molar-refractivity contribution < 1.29 is 9.47 Å². The summed E-state index contributed by atoms with van der Waals surface area (Å²) in [5.41, 5.74) is 0.616. The number of nitrogens with zero attached hydrogens (tertiary/aromatic N) is 1. The van der Waals surface area contributed by atoms with E-state index in [0.717, 1.165) is 29.9 Å². The fraction of sp³-hybridized carbons (Fsp3) is 0.357. The Labute approximate surface area is 100 Å². The van der Waals surface area contributed by atoms with Gasteiger partial charge in [-0.15, -0.1) is 0 Å². The number of rotatable bonds is 1. The van der Waals surface area contributed by atoms with E-state index < -0.39 is 5.41 Å². The summed E-state index contributed by atoms with van der Waals surface area (Å²) in [4.78, 5) is 0. The largest absolute Gasteiger partial charge is 0.486 e. The summed E-state index contributed by atoms with van der Waals surface area (Å²) < 4.78 is 11.0. The summed E-state index contributed by atoms with van der Waals surface area (Å²) in [5.74, 6) is 1.54. The zero-order chi connectivity index (χ0) is 11.7. The molecule has 3 nitrogen and oxygen atoms in total. The van der Waals surface area contributed by atoms with Crippen molar-refractivity contribution in [3.05, 3.63) is 35.9 Å². The zero-order valence-corrected chi connectivity index (χ0v) is 9.48. The summed E-state index contributed by atoms with van der Waals surface area (Å²) in [7, 11) is 0. The molecular formula is C14H13NO2. The second-order valence-electron chi connectivity index (χ2n) is 4.43. The van der Waals surface area contributed by atoms with E-state index in [4.69, 9.17) is 9.47 Å².